The molecule has 0 spiro atoms. The van der Waals surface area contributed by atoms with Crippen molar-refractivity contribution in [2.24, 2.45) is 0 Å². The van der Waals surface area contributed by atoms with Crippen LogP contribution >= 0.6 is 0 Å². The van der Waals surface area contributed by atoms with Gasteiger partial charge >= 0.3 is 0 Å². The van der Waals surface area contributed by atoms with Crippen LogP contribution in [0, 0.1) is 0 Å². The first kappa shape index (κ1) is 14.8. The molecule has 0 saturated carbocycles. The van der Waals surface area contributed by atoms with Crippen LogP contribution in [0.15, 0.2) is 18.3 Å². The van der Waals surface area contributed by atoms with Gasteiger partial charge in [0.15, 0.2) is 0 Å². The highest BCUT2D eigenvalue weighted by molar-refractivity contribution is 5.94. The van der Waals surface area contributed by atoms with Gasteiger partial charge in [0.05, 0.1) is 11.7 Å². The summed E-state index contributed by atoms with van der Waals surface area (Å²) < 4.78 is 5.64. The van der Waals surface area contributed by atoms with Crippen LogP contribution in [-0.4, -0.2) is 36.7 Å². The number of nitrogens with one attached hydrogen (secondary N) is 2. The number of ether oxygens (including phenoxy) is 1. The van der Waals surface area contributed by atoms with Crippen LogP contribution in [0.4, 0.5) is 5.82 Å². The number of anilines is 1. The van der Waals surface area contributed by atoms with Crippen molar-refractivity contribution >= 4 is 11.7 Å². The fourth-order valence-corrected chi connectivity index (χ4v) is 2.30. The van der Waals surface area contributed by atoms with E-state index in [1.54, 1.807) is 12.3 Å². The first-order valence-corrected chi connectivity index (χ1v) is 7.39. The average molecular weight is 277 g/mol. The van der Waals surface area contributed by atoms with E-state index in [1.807, 2.05) is 13.0 Å². The number of pyridine rings is 1. The van der Waals surface area contributed by atoms with Gasteiger partial charge in [0.25, 0.3) is 5.91 Å². The quantitative estimate of drug-likeness (QED) is 0.836. The average Bonchev–Trinajstić information content (AvgIpc) is 2.49. The summed E-state index contributed by atoms with van der Waals surface area (Å²) in [4.78, 5) is 16.1. The number of amides is 1. The number of rotatable bonds is 6. The molecule has 1 unspecified atom stereocenters. The minimum Gasteiger partial charge on any atom is -0.378 e. The van der Waals surface area contributed by atoms with Gasteiger partial charge in [-0.15, -0.1) is 0 Å². The number of carbonyl (C=O) groups excluding carboxylic acids is 1. The van der Waals surface area contributed by atoms with E-state index >= 15 is 0 Å². The first-order valence-electron chi connectivity index (χ1n) is 7.39. The lowest BCUT2D eigenvalue weighted by atomic mass is 10.1. The van der Waals surface area contributed by atoms with Crippen LogP contribution in [0.1, 0.15) is 43.0 Å². The summed E-state index contributed by atoms with van der Waals surface area (Å²) in [6.07, 6.45) is 6.29. The monoisotopic (exact) mass is 277 g/mol. The van der Waals surface area contributed by atoms with Gasteiger partial charge in [-0.3, -0.25) is 4.79 Å². The molecule has 1 atom stereocenters. The Morgan fingerprint density at radius 1 is 1.45 bits per heavy atom. The van der Waals surface area contributed by atoms with Gasteiger partial charge in [-0.05, 0) is 44.7 Å². The van der Waals surface area contributed by atoms with E-state index in [2.05, 4.69) is 15.6 Å². The SMILES string of the molecule is CCNc1ccc(C(=O)NCCC2CCCCO2)cn1. The van der Waals surface area contributed by atoms with Crippen molar-refractivity contribution in [3.63, 3.8) is 0 Å². The summed E-state index contributed by atoms with van der Waals surface area (Å²) in [5.74, 6) is 0.719. The molecule has 1 amide bonds. The molecule has 0 aromatic carbocycles. The molecule has 1 aromatic rings. The van der Waals surface area contributed by atoms with Crippen LogP contribution in [-0.2, 0) is 4.74 Å². The van der Waals surface area contributed by atoms with Gasteiger partial charge in [-0.1, -0.05) is 0 Å². The van der Waals surface area contributed by atoms with Crippen molar-refractivity contribution in [1.82, 2.24) is 10.3 Å². The number of aromatic nitrogens is 1. The van der Waals surface area contributed by atoms with Crippen LogP contribution in [0.2, 0.25) is 0 Å². The first-order chi connectivity index (χ1) is 9.79. The molecule has 20 heavy (non-hydrogen) atoms. The van der Waals surface area contributed by atoms with E-state index in [4.69, 9.17) is 4.74 Å². The predicted molar refractivity (Wildman–Crippen MR) is 78.9 cm³/mol. The summed E-state index contributed by atoms with van der Waals surface area (Å²) in [7, 11) is 0. The number of carbonyl (C=O) groups is 1. The minimum absolute atomic E-state index is 0.0728. The lowest BCUT2D eigenvalue weighted by molar-refractivity contribution is 0.0117. The van der Waals surface area contributed by atoms with Crippen molar-refractivity contribution in [2.75, 3.05) is 25.0 Å². The molecular weight excluding hydrogens is 254 g/mol. The number of nitrogens with zero attached hydrogens (tertiary/aromatic N) is 1. The minimum atomic E-state index is -0.0728. The van der Waals surface area contributed by atoms with Crippen LogP contribution in [0.3, 0.4) is 0 Å². The Labute approximate surface area is 120 Å². The smallest absolute Gasteiger partial charge is 0.252 e. The predicted octanol–water partition coefficient (Wildman–Crippen LogP) is 2.20. The molecule has 2 rings (SSSR count). The molecule has 1 saturated heterocycles. The van der Waals surface area contributed by atoms with Gasteiger partial charge in [-0.2, -0.15) is 0 Å². The molecule has 110 valence electrons. The zero-order chi connectivity index (χ0) is 14.2. The Hall–Kier alpha value is -1.62. The van der Waals surface area contributed by atoms with Crippen LogP contribution in [0.25, 0.3) is 0 Å². The van der Waals surface area contributed by atoms with Crippen LogP contribution in [0.5, 0.6) is 0 Å². The lowest BCUT2D eigenvalue weighted by Crippen LogP contribution is -2.29. The third-order valence-corrected chi connectivity index (χ3v) is 3.41. The van der Waals surface area contributed by atoms with Gasteiger partial charge in [0, 0.05) is 25.9 Å². The Morgan fingerprint density at radius 3 is 3.00 bits per heavy atom. The Morgan fingerprint density at radius 2 is 2.35 bits per heavy atom. The Bertz CT molecular complexity index is 414. The van der Waals surface area contributed by atoms with E-state index in [1.165, 1.54) is 6.42 Å². The van der Waals surface area contributed by atoms with E-state index < -0.39 is 0 Å². The maximum Gasteiger partial charge on any atom is 0.252 e. The molecule has 1 aliphatic rings. The fraction of sp³-hybridized carbons (Fsp3) is 0.600. The normalized spacial score (nSPS) is 18.6. The molecular formula is C15H23N3O2. The summed E-state index contributed by atoms with van der Waals surface area (Å²) in [5, 5.41) is 6.02. The van der Waals surface area contributed by atoms with Gasteiger partial charge in [-0.25, -0.2) is 4.98 Å². The van der Waals surface area contributed by atoms with E-state index in [-0.39, 0.29) is 5.91 Å². The third kappa shape index (κ3) is 4.49. The molecule has 2 N–H and O–H groups in total. The lowest BCUT2D eigenvalue weighted by Gasteiger charge is -2.22. The maximum atomic E-state index is 11.9. The summed E-state index contributed by atoms with van der Waals surface area (Å²) >= 11 is 0. The zero-order valence-electron chi connectivity index (χ0n) is 12.0. The second-order valence-electron chi connectivity index (χ2n) is 5.00. The fourth-order valence-electron chi connectivity index (χ4n) is 2.30. The second kappa shape index (κ2) is 7.85. The molecule has 0 aliphatic carbocycles. The highest BCUT2D eigenvalue weighted by Crippen LogP contribution is 2.14. The standard InChI is InChI=1S/C15H23N3O2/c1-2-16-14-7-6-12(11-18-14)15(19)17-9-8-13-5-3-4-10-20-13/h6-7,11,13H,2-5,8-10H2,1H3,(H,16,18)(H,17,19). The van der Waals surface area contributed by atoms with E-state index in [0.29, 0.717) is 18.2 Å². The van der Waals surface area contributed by atoms with Crippen molar-refractivity contribution in [2.45, 2.75) is 38.7 Å². The highest BCUT2D eigenvalue weighted by atomic mass is 16.5. The van der Waals surface area contributed by atoms with Crippen molar-refractivity contribution in [3.05, 3.63) is 23.9 Å². The molecule has 1 aliphatic heterocycles. The van der Waals surface area contributed by atoms with Gasteiger partial charge in [0.2, 0.25) is 0 Å². The Balaban J connectivity index is 1.73. The van der Waals surface area contributed by atoms with E-state index in [9.17, 15) is 4.79 Å². The van der Waals surface area contributed by atoms with Gasteiger partial charge in [0.1, 0.15) is 5.82 Å². The molecule has 5 nitrogen and oxygen atoms in total. The molecule has 1 aromatic heterocycles. The number of hydrogen-bond acceptors (Lipinski definition) is 4. The second-order valence-corrected chi connectivity index (χ2v) is 5.00. The number of hydrogen-bond donors (Lipinski definition) is 2. The highest BCUT2D eigenvalue weighted by Gasteiger charge is 2.14. The molecule has 2 heterocycles. The van der Waals surface area contributed by atoms with Gasteiger partial charge < -0.3 is 15.4 Å². The largest absolute Gasteiger partial charge is 0.378 e. The molecule has 0 radical (unpaired) electrons. The van der Waals surface area contributed by atoms with Crippen molar-refractivity contribution < 1.29 is 9.53 Å². The summed E-state index contributed by atoms with van der Waals surface area (Å²) in [6, 6.07) is 3.61. The third-order valence-electron chi connectivity index (χ3n) is 3.41. The summed E-state index contributed by atoms with van der Waals surface area (Å²) in [5.41, 5.74) is 0.594. The molecule has 5 heteroatoms. The summed E-state index contributed by atoms with van der Waals surface area (Å²) in [6.45, 7) is 4.34. The zero-order valence-corrected chi connectivity index (χ0v) is 12.0. The van der Waals surface area contributed by atoms with Crippen LogP contribution < -0.4 is 10.6 Å². The van der Waals surface area contributed by atoms with Crippen molar-refractivity contribution in [1.29, 1.82) is 0 Å². The Kier molecular flexibility index (Phi) is 5.80. The maximum absolute atomic E-state index is 11.9. The molecule has 0 bridgehead atoms. The van der Waals surface area contributed by atoms with E-state index in [0.717, 1.165) is 38.2 Å². The topological polar surface area (TPSA) is 63.2 Å². The molecule has 1 fully saturated rings. The van der Waals surface area contributed by atoms with Crippen molar-refractivity contribution in [3.8, 4) is 0 Å².